The molecule has 8 nitrogen and oxygen atoms in total. The van der Waals surface area contributed by atoms with E-state index in [0.29, 0.717) is 17.7 Å². The summed E-state index contributed by atoms with van der Waals surface area (Å²) in [5.74, 6) is -1.56. The summed E-state index contributed by atoms with van der Waals surface area (Å²) >= 11 is 0. The zero-order valence-electron chi connectivity index (χ0n) is 25.2. The SMILES string of the molecule is CCC(C)NC(=O)C(Cc1ccccc1)N(Cc1ccccc1F)C(=O)CN(c1cc(C)ccc1C)S(=O)(=O)N(C)C. The first-order chi connectivity index (χ1) is 19.8. The maximum atomic E-state index is 14.9. The molecule has 0 saturated carbocycles. The highest BCUT2D eigenvalue weighted by atomic mass is 32.2. The molecule has 10 heteroatoms. The maximum absolute atomic E-state index is 14.9. The van der Waals surface area contributed by atoms with Crippen LogP contribution in [0.4, 0.5) is 10.1 Å². The molecule has 42 heavy (non-hydrogen) atoms. The Labute approximate surface area is 249 Å². The van der Waals surface area contributed by atoms with E-state index in [1.54, 1.807) is 37.3 Å². The van der Waals surface area contributed by atoms with E-state index in [4.69, 9.17) is 0 Å². The fourth-order valence-corrected chi connectivity index (χ4v) is 5.61. The van der Waals surface area contributed by atoms with Crippen LogP contribution in [-0.4, -0.2) is 62.2 Å². The molecule has 0 aliphatic heterocycles. The predicted octanol–water partition coefficient (Wildman–Crippen LogP) is 4.61. The van der Waals surface area contributed by atoms with Crippen LogP contribution >= 0.6 is 0 Å². The topological polar surface area (TPSA) is 90.0 Å². The highest BCUT2D eigenvalue weighted by Gasteiger charge is 2.35. The van der Waals surface area contributed by atoms with E-state index in [0.717, 1.165) is 19.7 Å². The lowest BCUT2D eigenvalue weighted by Gasteiger charge is -2.35. The molecule has 2 unspecified atom stereocenters. The van der Waals surface area contributed by atoms with Crippen molar-refractivity contribution in [3.8, 4) is 0 Å². The Bertz CT molecular complexity index is 1480. The number of hydrogen-bond donors (Lipinski definition) is 1. The number of carbonyl (C=O) groups excluding carboxylic acids is 2. The Morgan fingerprint density at radius 1 is 0.952 bits per heavy atom. The average Bonchev–Trinajstić information content (AvgIpc) is 2.96. The number of rotatable bonds is 13. The molecule has 226 valence electrons. The van der Waals surface area contributed by atoms with Crippen molar-refractivity contribution in [2.75, 3.05) is 24.9 Å². The van der Waals surface area contributed by atoms with Crippen molar-refractivity contribution >= 4 is 27.7 Å². The number of anilines is 1. The van der Waals surface area contributed by atoms with Gasteiger partial charge in [-0.3, -0.25) is 9.59 Å². The first kappa shape index (κ1) is 32.8. The molecule has 3 rings (SSSR count). The van der Waals surface area contributed by atoms with Gasteiger partial charge in [0, 0.05) is 38.7 Å². The van der Waals surface area contributed by atoms with E-state index in [1.807, 2.05) is 57.2 Å². The van der Waals surface area contributed by atoms with Gasteiger partial charge in [-0.25, -0.2) is 8.70 Å². The second-order valence-electron chi connectivity index (χ2n) is 10.7. The summed E-state index contributed by atoms with van der Waals surface area (Å²) in [6.07, 6.45) is 0.833. The first-order valence-corrected chi connectivity index (χ1v) is 15.4. The van der Waals surface area contributed by atoms with Crippen molar-refractivity contribution in [1.29, 1.82) is 0 Å². The van der Waals surface area contributed by atoms with Gasteiger partial charge in [-0.1, -0.05) is 67.6 Å². The van der Waals surface area contributed by atoms with E-state index < -0.39 is 40.4 Å². The van der Waals surface area contributed by atoms with Gasteiger partial charge in [0.1, 0.15) is 18.4 Å². The van der Waals surface area contributed by atoms with Crippen molar-refractivity contribution in [2.45, 2.75) is 59.2 Å². The number of aryl methyl sites for hydroxylation is 2. The summed E-state index contributed by atoms with van der Waals surface area (Å²) in [6, 6.07) is 19.5. The Hall–Kier alpha value is -3.76. The smallest absolute Gasteiger partial charge is 0.304 e. The summed E-state index contributed by atoms with van der Waals surface area (Å²) in [7, 11) is -1.33. The zero-order valence-corrected chi connectivity index (χ0v) is 26.0. The van der Waals surface area contributed by atoms with Gasteiger partial charge in [0.05, 0.1) is 5.69 Å². The first-order valence-electron chi connectivity index (χ1n) is 14.0. The summed E-state index contributed by atoms with van der Waals surface area (Å²) in [5, 5.41) is 2.97. The molecule has 0 radical (unpaired) electrons. The van der Waals surface area contributed by atoms with E-state index in [-0.39, 0.29) is 24.6 Å². The van der Waals surface area contributed by atoms with Gasteiger partial charge in [0.15, 0.2) is 0 Å². The molecule has 2 atom stereocenters. The third-order valence-corrected chi connectivity index (χ3v) is 9.03. The van der Waals surface area contributed by atoms with Crippen LogP contribution in [0.5, 0.6) is 0 Å². The molecule has 3 aromatic carbocycles. The van der Waals surface area contributed by atoms with Gasteiger partial charge in [-0.2, -0.15) is 12.7 Å². The van der Waals surface area contributed by atoms with Crippen molar-refractivity contribution < 1.29 is 22.4 Å². The lowest BCUT2D eigenvalue weighted by Crippen LogP contribution is -2.55. The minimum absolute atomic E-state index is 0.160. The summed E-state index contributed by atoms with van der Waals surface area (Å²) in [5.41, 5.74) is 2.86. The molecular formula is C32H41FN4O4S. The number of nitrogens with zero attached hydrogens (tertiary/aromatic N) is 3. The molecule has 0 spiro atoms. The van der Waals surface area contributed by atoms with E-state index in [1.165, 1.54) is 25.1 Å². The molecule has 0 heterocycles. The van der Waals surface area contributed by atoms with Crippen LogP contribution in [-0.2, 0) is 32.8 Å². The Morgan fingerprint density at radius 2 is 1.60 bits per heavy atom. The molecular weight excluding hydrogens is 555 g/mol. The summed E-state index contributed by atoms with van der Waals surface area (Å²) in [4.78, 5) is 29.4. The third kappa shape index (κ3) is 8.17. The number of amides is 2. The monoisotopic (exact) mass is 596 g/mol. The van der Waals surface area contributed by atoms with Crippen LogP contribution in [0.3, 0.4) is 0 Å². The van der Waals surface area contributed by atoms with E-state index in [9.17, 15) is 22.4 Å². The summed E-state index contributed by atoms with van der Waals surface area (Å²) < 4.78 is 44.2. The lowest BCUT2D eigenvalue weighted by molar-refractivity contribution is -0.140. The molecule has 3 aromatic rings. The second-order valence-corrected chi connectivity index (χ2v) is 12.8. The average molecular weight is 597 g/mol. The maximum Gasteiger partial charge on any atom is 0.304 e. The number of nitrogens with one attached hydrogen (secondary N) is 1. The minimum Gasteiger partial charge on any atom is -0.352 e. The van der Waals surface area contributed by atoms with Gasteiger partial charge in [0.25, 0.3) is 0 Å². The number of carbonyl (C=O) groups is 2. The third-order valence-electron chi connectivity index (χ3n) is 7.22. The minimum atomic E-state index is -4.12. The summed E-state index contributed by atoms with van der Waals surface area (Å²) in [6.45, 7) is 6.61. The molecule has 1 N–H and O–H groups in total. The molecule has 0 bridgehead atoms. The zero-order chi connectivity index (χ0) is 31.0. The van der Waals surface area contributed by atoms with Crippen molar-refractivity contribution in [3.05, 3.63) is 101 Å². The van der Waals surface area contributed by atoms with Crippen molar-refractivity contribution in [3.63, 3.8) is 0 Å². The molecule has 2 amide bonds. The van der Waals surface area contributed by atoms with Gasteiger partial charge in [0.2, 0.25) is 11.8 Å². The number of benzene rings is 3. The normalized spacial score (nSPS) is 13.0. The van der Waals surface area contributed by atoms with Gasteiger partial charge >= 0.3 is 10.2 Å². The van der Waals surface area contributed by atoms with Gasteiger partial charge in [-0.15, -0.1) is 0 Å². The predicted molar refractivity (Wildman–Crippen MR) is 165 cm³/mol. The molecule has 0 fully saturated rings. The van der Waals surface area contributed by atoms with E-state index >= 15 is 0 Å². The van der Waals surface area contributed by atoms with Gasteiger partial charge < -0.3 is 10.2 Å². The van der Waals surface area contributed by atoms with Crippen LogP contribution in [0.25, 0.3) is 0 Å². The molecule has 0 saturated heterocycles. The lowest BCUT2D eigenvalue weighted by atomic mass is 10.0. The van der Waals surface area contributed by atoms with Crippen molar-refractivity contribution in [2.24, 2.45) is 0 Å². The van der Waals surface area contributed by atoms with Crippen LogP contribution in [0.1, 0.15) is 42.5 Å². The second kappa shape index (κ2) is 14.4. The fourth-order valence-electron chi connectivity index (χ4n) is 4.50. The van der Waals surface area contributed by atoms with Crippen LogP contribution in [0.15, 0.2) is 72.8 Å². The fraction of sp³-hybridized carbons (Fsp3) is 0.375. The molecule has 0 aliphatic carbocycles. The largest absolute Gasteiger partial charge is 0.352 e. The van der Waals surface area contributed by atoms with Crippen LogP contribution in [0, 0.1) is 19.7 Å². The van der Waals surface area contributed by atoms with Crippen LogP contribution in [0.2, 0.25) is 0 Å². The molecule has 0 aliphatic rings. The Morgan fingerprint density at radius 3 is 2.21 bits per heavy atom. The quantitative estimate of drug-likeness (QED) is 0.312. The number of hydrogen-bond acceptors (Lipinski definition) is 4. The van der Waals surface area contributed by atoms with Crippen LogP contribution < -0.4 is 9.62 Å². The standard InChI is InChI=1S/C32H41FN4O4S/c1-7-25(4)34-32(39)30(20-26-13-9-8-10-14-26)36(21-27-15-11-12-16-28(27)33)31(38)22-37(42(40,41)35(5)6)29-19-23(2)17-18-24(29)3/h8-19,25,30H,7,20-22H2,1-6H3,(H,34,39). The highest BCUT2D eigenvalue weighted by molar-refractivity contribution is 7.90. The van der Waals surface area contributed by atoms with Crippen molar-refractivity contribution in [1.82, 2.24) is 14.5 Å². The number of halogens is 1. The highest BCUT2D eigenvalue weighted by Crippen LogP contribution is 2.26. The molecule has 0 aromatic heterocycles. The Kier molecular flexibility index (Phi) is 11.2. The van der Waals surface area contributed by atoms with Gasteiger partial charge in [-0.05, 0) is 56.0 Å². The van der Waals surface area contributed by atoms with E-state index in [2.05, 4.69) is 5.32 Å². The Balaban J connectivity index is 2.14.